The first-order chi connectivity index (χ1) is 17.8. The number of aryl methyl sites for hydroxylation is 1. The van der Waals surface area contributed by atoms with Crippen molar-refractivity contribution in [3.63, 3.8) is 0 Å². The SMILES string of the molecule is CC1N(c2ccc(C(=N)NC(=O)OCc3ccccc3)cc2)NC(=O)N1c1ccc(CCC(=O)O)cc1. The number of carbonyl (C=O) groups excluding carboxylic acids is 2. The summed E-state index contributed by atoms with van der Waals surface area (Å²) in [5, 5.41) is 21.1. The van der Waals surface area contributed by atoms with E-state index in [1.165, 1.54) is 0 Å². The number of rotatable bonds is 8. The van der Waals surface area contributed by atoms with E-state index in [1.54, 1.807) is 46.3 Å². The molecule has 0 spiro atoms. The zero-order valence-corrected chi connectivity index (χ0v) is 20.2. The first-order valence-electron chi connectivity index (χ1n) is 11.7. The average molecular weight is 502 g/mol. The molecule has 1 heterocycles. The van der Waals surface area contributed by atoms with Gasteiger partial charge < -0.3 is 9.84 Å². The first-order valence-corrected chi connectivity index (χ1v) is 11.7. The van der Waals surface area contributed by atoms with E-state index in [4.69, 9.17) is 15.3 Å². The van der Waals surface area contributed by atoms with E-state index in [0.29, 0.717) is 23.4 Å². The molecule has 1 aliphatic heterocycles. The molecule has 0 radical (unpaired) electrons. The quantitative estimate of drug-likeness (QED) is 0.269. The Balaban J connectivity index is 1.35. The van der Waals surface area contributed by atoms with E-state index in [0.717, 1.165) is 11.1 Å². The number of urea groups is 1. The van der Waals surface area contributed by atoms with E-state index in [1.807, 2.05) is 49.4 Å². The molecule has 3 aromatic carbocycles. The van der Waals surface area contributed by atoms with Gasteiger partial charge in [-0.05, 0) is 60.9 Å². The lowest BCUT2D eigenvalue weighted by atomic mass is 10.1. The Hall–Kier alpha value is -4.86. The topological polar surface area (TPSA) is 135 Å². The summed E-state index contributed by atoms with van der Waals surface area (Å²) in [6.45, 7) is 1.98. The number of carboxylic acids is 1. The van der Waals surface area contributed by atoms with Gasteiger partial charge in [-0.1, -0.05) is 42.5 Å². The highest BCUT2D eigenvalue weighted by Crippen LogP contribution is 2.27. The smallest absolute Gasteiger partial charge is 0.413 e. The lowest BCUT2D eigenvalue weighted by Crippen LogP contribution is -2.39. The molecule has 3 amide bonds. The summed E-state index contributed by atoms with van der Waals surface area (Å²) < 4.78 is 5.16. The predicted octanol–water partition coefficient (Wildman–Crippen LogP) is 4.25. The highest BCUT2D eigenvalue weighted by atomic mass is 16.5. The third-order valence-electron chi connectivity index (χ3n) is 5.90. The molecule has 0 bridgehead atoms. The number of hydrogen-bond acceptors (Lipinski definition) is 6. The number of ether oxygens (including phenoxy) is 1. The monoisotopic (exact) mass is 501 g/mol. The van der Waals surface area contributed by atoms with Crippen LogP contribution in [-0.2, 0) is 22.6 Å². The van der Waals surface area contributed by atoms with Crippen molar-refractivity contribution in [1.82, 2.24) is 10.7 Å². The predicted molar refractivity (Wildman–Crippen MR) is 138 cm³/mol. The Bertz CT molecular complexity index is 1280. The van der Waals surface area contributed by atoms with Crippen LogP contribution >= 0.6 is 0 Å². The van der Waals surface area contributed by atoms with Crippen LogP contribution in [0.2, 0.25) is 0 Å². The molecule has 1 unspecified atom stereocenters. The summed E-state index contributed by atoms with van der Waals surface area (Å²) in [6.07, 6.45) is -0.604. The fourth-order valence-corrected chi connectivity index (χ4v) is 3.95. The van der Waals surface area contributed by atoms with Crippen LogP contribution in [0.4, 0.5) is 21.0 Å². The van der Waals surface area contributed by atoms with Gasteiger partial charge in [0.15, 0.2) is 0 Å². The van der Waals surface area contributed by atoms with Gasteiger partial charge in [0.1, 0.15) is 18.6 Å². The molecule has 10 nitrogen and oxygen atoms in total. The fourth-order valence-electron chi connectivity index (χ4n) is 3.95. The third-order valence-corrected chi connectivity index (χ3v) is 5.90. The second-order valence-electron chi connectivity index (χ2n) is 8.46. The zero-order valence-electron chi connectivity index (χ0n) is 20.2. The Morgan fingerprint density at radius 3 is 2.27 bits per heavy atom. The first kappa shape index (κ1) is 25.2. The van der Waals surface area contributed by atoms with Crippen molar-refractivity contribution < 1.29 is 24.2 Å². The Labute approximate surface area is 213 Å². The fraction of sp³-hybridized carbons (Fsp3) is 0.185. The lowest BCUT2D eigenvalue weighted by Gasteiger charge is -2.26. The number of nitrogens with one attached hydrogen (secondary N) is 3. The van der Waals surface area contributed by atoms with Gasteiger partial charge in [-0.3, -0.25) is 25.4 Å². The molecule has 1 atom stereocenters. The van der Waals surface area contributed by atoms with Gasteiger partial charge in [-0.25, -0.2) is 15.0 Å². The molecule has 0 aromatic heterocycles. The van der Waals surface area contributed by atoms with Crippen molar-refractivity contribution in [2.45, 2.75) is 32.5 Å². The minimum atomic E-state index is -0.854. The lowest BCUT2D eigenvalue weighted by molar-refractivity contribution is -0.136. The van der Waals surface area contributed by atoms with Crippen molar-refractivity contribution in [3.8, 4) is 0 Å². The Morgan fingerprint density at radius 2 is 1.62 bits per heavy atom. The van der Waals surface area contributed by atoms with Crippen LogP contribution in [0.15, 0.2) is 78.9 Å². The second kappa shape index (κ2) is 11.3. The number of anilines is 2. The van der Waals surface area contributed by atoms with E-state index in [2.05, 4.69) is 10.7 Å². The minimum Gasteiger partial charge on any atom is -0.481 e. The number of nitrogens with zero attached hydrogens (tertiary/aromatic N) is 2. The molecule has 1 fully saturated rings. The molecule has 1 saturated heterocycles. The van der Waals surface area contributed by atoms with E-state index in [9.17, 15) is 14.4 Å². The molecule has 0 aliphatic carbocycles. The third kappa shape index (κ3) is 6.23. The molecule has 190 valence electrons. The summed E-state index contributed by atoms with van der Waals surface area (Å²) in [5.41, 5.74) is 6.42. The maximum Gasteiger partial charge on any atom is 0.413 e. The van der Waals surface area contributed by atoms with Crippen LogP contribution in [0.3, 0.4) is 0 Å². The van der Waals surface area contributed by atoms with Crippen molar-refractivity contribution >= 4 is 35.3 Å². The summed E-state index contributed by atoms with van der Waals surface area (Å²) in [4.78, 5) is 37.2. The van der Waals surface area contributed by atoms with Crippen molar-refractivity contribution in [2.24, 2.45) is 0 Å². The molecule has 1 aliphatic rings. The number of benzene rings is 3. The maximum atomic E-state index is 12.7. The summed E-state index contributed by atoms with van der Waals surface area (Å²) in [6, 6.07) is 23.0. The van der Waals surface area contributed by atoms with Gasteiger partial charge in [0.2, 0.25) is 0 Å². The number of carboxylic acid groups (broad SMARTS) is 1. The van der Waals surface area contributed by atoms with Crippen LogP contribution < -0.4 is 20.7 Å². The molecule has 4 rings (SSSR count). The Kier molecular flexibility index (Phi) is 7.68. The van der Waals surface area contributed by atoms with Gasteiger partial charge in [0, 0.05) is 17.7 Å². The standard InChI is InChI=1S/C27H27N5O5/c1-18-31(22-12-7-19(8-13-22)9-16-24(33)34)26(35)30-32(18)23-14-10-21(11-15-23)25(28)29-27(36)37-17-20-5-3-2-4-6-20/h2-8,10-15,18H,9,16-17H2,1H3,(H,30,35)(H,33,34)(H2,28,29,36). The van der Waals surface area contributed by atoms with Gasteiger partial charge in [0.05, 0.1) is 5.69 Å². The summed E-state index contributed by atoms with van der Waals surface area (Å²) in [7, 11) is 0. The molecular weight excluding hydrogens is 474 g/mol. The van der Waals surface area contributed by atoms with Gasteiger partial charge in [0.25, 0.3) is 0 Å². The number of aliphatic carboxylic acids is 1. The maximum absolute atomic E-state index is 12.7. The average Bonchev–Trinajstić information content (AvgIpc) is 3.20. The molecule has 4 N–H and O–H groups in total. The van der Waals surface area contributed by atoms with Crippen LogP contribution in [0.5, 0.6) is 0 Å². The highest BCUT2D eigenvalue weighted by molar-refractivity contribution is 6.04. The Morgan fingerprint density at radius 1 is 0.973 bits per heavy atom. The van der Waals surface area contributed by atoms with Crippen LogP contribution in [-0.4, -0.2) is 35.2 Å². The number of hydrogen-bond donors (Lipinski definition) is 4. The normalized spacial score (nSPS) is 14.7. The molecule has 3 aromatic rings. The molecular formula is C27H27N5O5. The van der Waals surface area contributed by atoms with Crippen LogP contribution in [0, 0.1) is 5.41 Å². The van der Waals surface area contributed by atoms with Crippen LogP contribution in [0.25, 0.3) is 0 Å². The number of amidine groups is 1. The van der Waals surface area contributed by atoms with Crippen LogP contribution in [0.1, 0.15) is 30.0 Å². The summed E-state index contributed by atoms with van der Waals surface area (Å²) >= 11 is 0. The summed E-state index contributed by atoms with van der Waals surface area (Å²) in [5.74, 6) is -0.958. The molecule has 37 heavy (non-hydrogen) atoms. The van der Waals surface area contributed by atoms with Crippen molar-refractivity contribution in [1.29, 1.82) is 5.41 Å². The van der Waals surface area contributed by atoms with E-state index >= 15 is 0 Å². The van der Waals surface area contributed by atoms with E-state index < -0.39 is 12.1 Å². The van der Waals surface area contributed by atoms with Gasteiger partial charge in [-0.2, -0.15) is 0 Å². The number of hydrazine groups is 1. The largest absolute Gasteiger partial charge is 0.481 e. The highest BCUT2D eigenvalue weighted by Gasteiger charge is 2.35. The van der Waals surface area contributed by atoms with E-state index in [-0.39, 0.29) is 31.1 Å². The number of carbonyl (C=O) groups is 3. The van der Waals surface area contributed by atoms with Crippen molar-refractivity contribution in [2.75, 3.05) is 9.91 Å². The zero-order chi connectivity index (χ0) is 26.4. The number of amides is 3. The van der Waals surface area contributed by atoms with Crippen molar-refractivity contribution in [3.05, 3.63) is 95.6 Å². The minimum absolute atomic E-state index is 0.0472. The number of alkyl carbamates (subject to hydrolysis) is 1. The second-order valence-corrected chi connectivity index (χ2v) is 8.46. The molecule has 10 heteroatoms. The molecule has 0 saturated carbocycles. The van der Waals surface area contributed by atoms with Gasteiger partial charge in [-0.15, -0.1) is 0 Å². The van der Waals surface area contributed by atoms with Gasteiger partial charge >= 0.3 is 18.1 Å².